The Kier molecular flexibility index (Phi) is 3.10. The summed E-state index contributed by atoms with van der Waals surface area (Å²) in [5.41, 5.74) is 3.50. The van der Waals surface area contributed by atoms with Crippen LogP contribution in [0.4, 0.5) is 5.69 Å². The van der Waals surface area contributed by atoms with Crippen LogP contribution in [0.25, 0.3) is 16.7 Å². The zero-order chi connectivity index (χ0) is 15.0. The van der Waals surface area contributed by atoms with Crippen LogP contribution in [0.2, 0.25) is 0 Å². The summed E-state index contributed by atoms with van der Waals surface area (Å²) >= 11 is 0. The SMILES string of the molecule is CN(C)c1ccccc1-n1cnc2c(C(=O)O)cccc21. The van der Waals surface area contributed by atoms with Crippen LogP contribution in [-0.4, -0.2) is 34.7 Å². The Morgan fingerprint density at radius 3 is 2.62 bits per heavy atom. The van der Waals surface area contributed by atoms with Crippen molar-refractivity contribution in [1.29, 1.82) is 0 Å². The van der Waals surface area contributed by atoms with Crippen molar-refractivity contribution in [2.75, 3.05) is 19.0 Å². The molecule has 0 fully saturated rings. The molecule has 0 atom stereocenters. The minimum absolute atomic E-state index is 0.216. The molecule has 0 aliphatic rings. The van der Waals surface area contributed by atoms with Gasteiger partial charge in [0.15, 0.2) is 0 Å². The van der Waals surface area contributed by atoms with Crippen molar-refractivity contribution < 1.29 is 9.90 Å². The number of benzene rings is 2. The highest BCUT2D eigenvalue weighted by molar-refractivity contribution is 6.01. The van der Waals surface area contributed by atoms with Crippen molar-refractivity contribution in [1.82, 2.24) is 9.55 Å². The van der Waals surface area contributed by atoms with E-state index in [-0.39, 0.29) is 5.56 Å². The summed E-state index contributed by atoms with van der Waals surface area (Å²) in [5.74, 6) is -0.966. The predicted molar refractivity (Wildman–Crippen MR) is 82.4 cm³/mol. The van der Waals surface area contributed by atoms with Crippen molar-refractivity contribution >= 4 is 22.7 Å². The molecule has 5 nitrogen and oxygen atoms in total. The zero-order valence-corrected chi connectivity index (χ0v) is 11.8. The molecule has 0 spiro atoms. The van der Waals surface area contributed by atoms with Gasteiger partial charge in [-0.15, -0.1) is 0 Å². The van der Waals surface area contributed by atoms with Gasteiger partial charge in [0.1, 0.15) is 11.8 Å². The van der Waals surface area contributed by atoms with Crippen LogP contribution in [-0.2, 0) is 0 Å². The molecule has 1 N–H and O–H groups in total. The molecule has 0 radical (unpaired) electrons. The average Bonchev–Trinajstić information content (AvgIpc) is 2.90. The highest BCUT2D eigenvalue weighted by atomic mass is 16.4. The van der Waals surface area contributed by atoms with Crippen molar-refractivity contribution in [2.24, 2.45) is 0 Å². The van der Waals surface area contributed by atoms with Crippen LogP contribution in [0.5, 0.6) is 0 Å². The first-order valence-electron chi connectivity index (χ1n) is 6.55. The third-order valence-corrected chi connectivity index (χ3v) is 3.43. The fraction of sp³-hybridized carbons (Fsp3) is 0.125. The van der Waals surface area contributed by atoms with E-state index in [4.69, 9.17) is 0 Å². The molecule has 1 aromatic heterocycles. The molecule has 0 bridgehead atoms. The van der Waals surface area contributed by atoms with Crippen LogP contribution in [0.1, 0.15) is 10.4 Å². The predicted octanol–water partition coefficient (Wildman–Crippen LogP) is 2.79. The number of aromatic carboxylic acids is 1. The molecular weight excluding hydrogens is 266 g/mol. The number of para-hydroxylation sites is 3. The quantitative estimate of drug-likeness (QED) is 0.802. The molecule has 0 saturated heterocycles. The van der Waals surface area contributed by atoms with Crippen LogP contribution in [0.15, 0.2) is 48.8 Å². The molecule has 1 heterocycles. The summed E-state index contributed by atoms with van der Waals surface area (Å²) in [6, 6.07) is 13.1. The van der Waals surface area contributed by atoms with E-state index in [1.165, 1.54) is 0 Å². The molecule has 0 amide bonds. The first-order chi connectivity index (χ1) is 10.1. The molecule has 0 aliphatic carbocycles. The largest absolute Gasteiger partial charge is 0.478 e. The van der Waals surface area contributed by atoms with Gasteiger partial charge in [0.2, 0.25) is 0 Å². The zero-order valence-electron chi connectivity index (χ0n) is 11.8. The number of rotatable bonds is 3. The van der Waals surface area contributed by atoms with E-state index in [0.29, 0.717) is 5.52 Å². The van der Waals surface area contributed by atoms with E-state index in [2.05, 4.69) is 4.98 Å². The second-order valence-electron chi connectivity index (χ2n) is 4.98. The second kappa shape index (κ2) is 4.94. The van der Waals surface area contributed by atoms with Gasteiger partial charge in [0.05, 0.1) is 22.5 Å². The summed E-state index contributed by atoms with van der Waals surface area (Å²) in [6.07, 6.45) is 1.67. The normalized spacial score (nSPS) is 10.8. The lowest BCUT2D eigenvalue weighted by Gasteiger charge is -2.18. The van der Waals surface area contributed by atoms with Crippen LogP contribution < -0.4 is 4.90 Å². The first kappa shape index (κ1) is 13.2. The highest BCUT2D eigenvalue weighted by Crippen LogP contribution is 2.27. The van der Waals surface area contributed by atoms with E-state index in [1.54, 1.807) is 18.5 Å². The van der Waals surface area contributed by atoms with Crippen molar-refractivity contribution in [2.45, 2.75) is 0 Å². The van der Waals surface area contributed by atoms with Gasteiger partial charge < -0.3 is 10.0 Å². The highest BCUT2D eigenvalue weighted by Gasteiger charge is 2.14. The van der Waals surface area contributed by atoms with Crippen molar-refractivity contribution in [3.8, 4) is 5.69 Å². The Labute approximate surface area is 122 Å². The number of carbonyl (C=O) groups is 1. The van der Waals surface area contributed by atoms with Gasteiger partial charge in [0.25, 0.3) is 0 Å². The Bertz CT molecular complexity index is 821. The molecule has 2 aromatic carbocycles. The van der Waals surface area contributed by atoms with Crippen LogP contribution in [0.3, 0.4) is 0 Å². The number of hydrogen-bond donors (Lipinski definition) is 1. The molecule has 5 heteroatoms. The molecular formula is C16H15N3O2. The number of nitrogens with zero attached hydrogens (tertiary/aromatic N) is 3. The van der Waals surface area contributed by atoms with E-state index in [9.17, 15) is 9.90 Å². The standard InChI is InChI=1S/C16H15N3O2/c1-18(2)12-7-3-4-8-13(12)19-10-17-15-11(16(20)21)6-5-9-14(15)19/h3-10H,1-2H3,(H,20,21). The average molecular weight is 281 g/mol. The van der Waals surface area contributed by atoms with Gasteiger partial charge in [-0.05, 0) is 24.3 Å². The van der Waals surface area contributed by atoms with Gasteiger partial charge in [-0.3, -0.25) is 4.57 Å². The monoisotopic (exact) mass is 281 g/mol. The summed E-state index contributed by atoms with van der Waals surface area (Å²) in [5, 5.41) is 9.25. The lowest BCUT2D eigenvalue weighted by Crippen LogP contribution is -2.11. The molecule has 0 saturated carbocycles. The Hall–Kier alpha value is -2.82. The lowest BCUT2D eigenvalue weighted by molar-refractivity contribution is 0.0699. The molecule has 3 aromatic rings. The molecule has 0 unspecified atom stereocenters. The maximum atomic E-state index is 11.3. The first-order valence-corrected chi connectivity index (χ1v) is 6.55. The van der Waals surface area contributed by atoms with E-state index in [0.717, 1.165) is 16.9 Å². The van der Waals surface area contributed by atoms with Crippen molar-refractivity contribution in [3.05, 3.63) is 54.4 Å². The summed E-state index contributed by atoms with van der Waals surface area (Å²) in [6.45, 7) is 0. The number of imidazole rings is 1. The third-order valence-electron chi connectivity index (χ3n) is 3.43. The van der Waals surface area contributed by atoms with Gasteiger partial charge >= 0.3 is 5.97 Å². The summed E-state index contributed by atoms with van der Waals surface area (Å²) in [4.78, 5) is 17.6. The van der Waals surface area contributed by atoms with Gasteiger partial charge in [-0.2, -0.15) is 0 Å². The lowest BCUT2D eigenvalue weighted by atomic mass is 10.2. The maximum Gasteiger partial charge on any atom is 0.337 e. The third kappa shape index (κ3) is 2.12. The minimum Gasteiger partial charge on any atom is -0.478 e. The molecule has 3 rings (SSSR count). The number of anilines is 1. The van der Waals surface area contributed by atoms with E-state index >= 15 is 0 Å². The van der Waals surface area contributed by atoms with Gasteiger partial charge in [-0.25, -0.2) is 9.78 Å². The van der Waals surface area contributed by atoms with Gasteiger partial charge in [-0.1, -0.05) is 18.2 Å². The minimum atomic E-state index is -0.966. The van der Waals surface area contributed by atoms with Crippen LogP contribution >= 0.6 is 0 Å². The van der Waals surface area contributed by atoms with Crippen molar-refractivity contribution in [3.63, 3.8) is 0 Å². The van der Waals surface area contributed by atoms with E-state index < -0.39 is 5.97 Å². The second-order valence-corrected chi connectivity index (χ2v) is 4.98. The Morgan fingerprint density at radius 1 is 1.14 bits per heavy atom. The fourth-order valence-corrected chi connectivity index (χ4v) is 2.45. The Morgan fingerprint density at radius 2 is 1.90 bits per heavy atom. The molecule has 21 heavy (non-hydrogen) atoms. The Balaban J connectivity index is 2.28. The van der Waals surface area contributed by atoms with Gasteiger partial charge in [0, 0.05) is 14.1 Å². The summed E-state index contributed by atoms with van der Waals surface area (Å²) in [7, 11) is 3.95. The molecule has 106 valence electrons. The molecule has 0 aliphatic heterocycles. The fourth-order valence-electron chi connectivity index (χ4n) is 2.45. The van der Waals surface area contributed by atoms with E-state index in [1.807, 2.05) is 53.9 Å². The number of carboxylic acid groups (broad SMARTS) is 1. The number of fused-ring (bicyclic) bond motifs is 1. The summed E-state index contributed by atoms with van der Waals surface area (Å²) < 4.78 is 1.91. The van der Waals surface area contributed by atoms with Crippen LogP contribution in [0, 0.1) is 0 Å². The number of hydrogen-bond acceptors (Lipinski definition) is 3. The smallest absolute Gasteiger partial charge is 0.337 e. The number of aromatic nitrogens is 2. The topological polar surface area (TPSA) is 58.4 Å². The number of carboxylic acids is 1. The maximum absolute atomic E-state index is 11.3.